The third-order valence-electron chi connectivity index (χ3n) is 5.09. The van der Waals surface area contributed by atoms with Gasteiger partial charge in [0.2, 0.25) is 0 Å². The lowest BCUT2D eigenvalue weighted by molar-refractivity contribution is 0.0665. The number of fused-ring (bicyclic) bond motifs is 2. The summed E-state index contributed by atoms with van der Waals surface area (Å²) in [5.74, 6) is 0. The second-order valence-electron chi connectivity index (χ2n) is 6.79. The van der Waals surface area contributed by atoms with Gasteiger partial charge in [0.05, 0.1) is 5.69 Å². The summed E-state index contributed by atoms with van der Waals surface area (Å²) in [5.41, 5.74) is 4.68. The topological polar surface area (TPSA) is 12.5 Å². The van der Waals surface area contributed by atoms with Crippen molar-refractivity contribution in [2.75, 3.05) is 5.06 Å². The zero-order valence-electron chi connectivity index (χ0n) is 14.7. The summed E-state index contributed by atoms with van der Waals surface area (Å²) < 4.78 is 0. The highest BCUT2D eigenvalue weighted by molar-refractivity contribution is 6.30. The van der Waals surface area contributed by atoms with Gasteiger partial charge in [-0.2, -0.15) is 0 Å². The molecule has 0 spiro atoms. The second-order valence-corrected chi connectivity index (χ2v) is 7.22. The van der Waals surface area contributed by atoms with Gasteiger partial charge in [0, 0.05) is 5.02 Å². The zero-order chi connectivity index (χ0) is 18.2. The summed E-state index contributed by atoms with van der Waals surface area (Å²) >= 11 is 6.14. The van der Waals surface area contributed by atoms with Gasteiger partial charge in [-0.1, -0.05) is 66.2 Å². The molecule has 1 atom stereocenters. The van der Waals surface area contributed by atoms with Crippen molar-refractivity contribution in [3.8, 4) is 0 Å². The Hall–Kier alpha value is -2.81. The molecule has 0 amide bonds. The molecule has 1 aliphatic heterocycles. The van der Waals surface area contributed by atoms with Crippen LogP contribution < -0.4 is 5.06 Å². The number of hydrogen-bond acceptors (Lipinski definition) is 2. The fourth-order valence-corrected chi connectivity index (χ4v) is 3.91. The average Bonchev–Trinajstić information content (AvgIpc) is 2.73. The number of benzene rings is 4. The highest BCUT2D eigenvalue weighted by atomic mass is 35.5. The molecule has 0 aromatic heterocycles. The molecule has 1 unspecified atom stereocenters. The molecule has 0 bridgehead atoms. The zero-order valence-corrected chi connectivity index (χ0v) is 15.4. The molecular formula is C24H18ClNO. The summed E-state index contributed by atoms with van der Waals surface area (Å²) in [5, 5.41) is 5.23. The summed E-state index contributed by atoms with van der Waals surface area (Å²) in [4.78, 5) is 6.24. The molecule has 3 heteroatoms. The van der Waals surface area contributed by atoms with Crippen molar-refractivity contribution >= 4 is 28.1 Å². The highest BCUT2D eigenvalue weighted by Crippen LogP contribution is 2.40. The van der Waals surface area contributed by atoms with E-state index in [0.29, 0.717) is 6.61 Å². The maximum atomic E-state index is 6.24. The van der Waals surface area contributed by atoms with Crippen molar-refractivity contribution in [3.63, 3.8) is 0 Å². The van der Waals surface area contributed by atoms with Crippen LogP contribution >= 0.6 is 11.6 Å². The summed E-state index contributed by atoms with van der Waals surface area (Å²) in [6, 6.07) is 31.3. The number of hydrogen-bond donors (Lipinski definition) is 0. The van der Waals surface area contributed by atoms with Crippen LogP contribution in [-0.4, -0.2) is 0 Å². The fourth-order valence-electron chi connectivity index (χ4n) is 3.78. The first-order valence-corrected chi connectivity index (χ1v) is 9.42. The van der Waals surface area contributed by atoms with Crippen LogP contribution in [0.25, 0.3) is 10.8 Å². The van der Waals surface area contributed by atoms with Gasteiger partial charge in [-0.25, -0.2) is 5.06 Å². The van der Waals surface area contributed by atoms with E-state index in [-0.39, 0.29) is 6.04 Å². The first kappa shape index (κ1) is 16.4. The fraction of sp³-hybridized carbons (Fsp3) is 0.0833. The van der Waals surface area contributed by atoms with Gasteiger partial charge in [-0.3, -0.25) is 4.84 Å². The number of nitrogens with zero attached hydrogens (tertiary/aromatic N) is 1. The van der Waals surface area contributed by atoms with Crippen molar-refractivity contribution in [1.82, 2.24) is 0 Å². The average molecular weight is 372 g/mol. The number of hydroxylamine groups is 1. The van der Waals surface area contributed by atoms with Gasteiger partial charge in [-0.15, -0.1) is 0 Å². The second kappa shape index (κ2) is 6.73. The first-order chi connectivity index (χ1) is 13.3. The van der Waals surface area contributed by atoms with Gasteiger partial charge < -0.3 is 0 Å². The summed E-state index contributed by atoms with van der Waals surface area (Å²) in [6.07, 6.45) is 0. The van der Waals surface area contributed by atoms with Crippen LogP contribution in [0.3, 0.4) is 0 Å². The Bertz CT molecular complexity index is 1090. The number of anilines is 1. The van der Waals surface area contributed by atoms with E-state index in [1.54, 1.807) is 0 Å². The Morgan fingerprint density at radius 2 is 1.44 bits per heavy atom. The molecule has 0 aliphatic carbocycles. The van der Waals surface area contributed by atoms with Crippen LogP contribution in [0.2, 0.25) is 5.02 Å². The van der Waals surface area contributed by atoms with Crippen LogP contribution in [0.1, 0.15) is 22.7 Å². The van der Waals surface area contributed by atoms with E-state index in [0.717, 1.165) is 16.3 Å². The molecule has 0 N–H and O–H groups in total. The van der Waals surface area contributed by atoms with Gasteiger partial charge in [-0.05, 0) is 63.9 Å². The molecule has 2 nitrogen and oxygen atoms in total. The van der Waals surface area contributed by atoms with E-state index in [4.69, 9.17) is 16.4 Å². The molecule has 5 rings (SSSR count). The number of para-hydroxylation sites is 1. The van der Waals surface area contributed by atoms with E-state index in [1.807, 2.05) is 35.4 Å². The maximum absolute atomic E-state index is 6.24. The van der Waals surface area contributed by atoms with Crippen LogP contribution in [0.5, 0.6) is 0 Å². The normalized spacial score (nSPS) is 16.3. The number of rotatable bonds is 2. The smallest absolute Gasteiger partial charge is 0.107 e. The summed E-state index contributed by atoms with van der Waals surface area (Å²) in [6.45, 7) is 0.555. The molecule has 1 heterocycles. The van der Waals surface area contributed by atoms with E-state index in [2.05, 4.69) is 60.7 Å². The van der Waals surface area contributed by atoms with Crippen LogP contribution in [-0.2, 0) is 11.4 Å². The van der Waals surface area contributed by atoms with Crippen molar-refractivity contribution in [2.24, 2.45) is 0 Å². The quantitative estimate of drug-likeness (QED) is 0.397. The lowest BCUT2D eigenvalue weighted by Gasteiger charge is -2.38. The molecule has 0 saturated carbocycles. The molecule has 0 fully saturated rings. The van der Waals surface area contributed by atoms with Crippen molar-refractivity contribution in [3.05, 3.63) is 113 Å². The van der Waals surface area contributed by atoms with E-state index >= 15 is 0 Å². The third kappa shape index (κ3) is 2.97. The predicted molar refractivity (Wildman–Crippen MR) is 111 cm³/mol. The maximum Gasteiger partial charge on any atom is 0.107 e. The molecule has 4 aromatic carbocycles. The molecule has 0 radical (unpaired) electrons. The van der Waals surface area contributed by atoms with E-state index in [9.17, 15) is 0 Å². The number of halogens is 1. The Kier molecular flexibility index (Phi) is 4.08. The van der Waals surface area contributed by atoms with E-state index < -0.39 is 0 Å². The largest absolute Gasteiger partial charge is 0.268 e. The molecule has 4 aromatic rings. The molecule has 0 saturated heterocycles. The summed E-state index contributed by atoms with van der Waals surface area (Å²) in [7, 11) is 0. The van der Waals surface area contributed by atoms with Gasteiger partial charge in [0.25, 0.3) is 0 Å². The van der Waals surface area contributed by atoms with Crippen LogP contribution in [0, 0.1) is 0 Å². The Balaban J connectivity index is 1.71. The predicted octanol–water partition coefficient (Wildman–Crippen LogP) is 6.53. The van der Waals surface area contributed by atoms with Gasteiger partial charge in [0.15, 0.2) is 0 Å². The lowest BCUT2D eigenvalue weighted by Crippen LogP contribution is -2.34. The Morgan fingerprint density at radius 3 is 2.19 bits per heavy atom. The molecule has 132 valence electrons. The van der Waals surface area contributed by atoms with Gasteiger partial charge >= 0.3 is 0 Å². The van der Waals surface area contributed by atoms with Crippen molar-refractivity contribution in [1.29, 1.82) is 0 Å². The van der Waals surface area contributed by atoms with Gasteiger partial charge in [0.1, 0.15) is 12.6 Å². The molecule has 1 aliphatic rings. The Labute approximate surface area is 163 Å². The van der Waals surface area contributed by atoms with Crippen LogP contribution in [0.15, 0.2) is 91.0 Å². The third-order valence-corrected chi connectivity index (χ3v) is 5.34. The first-order valence-electron chi connectivity index (χ1n) is 9.04. The standard InChI is InChI=1S/C24H18ClNO/c25-21-12-10-17(11-13-21)24-23-15-19-7-5-4-6-18(19)14-20(23)16-27-26(24)22-8-2-1-3-9-22/h1-15,24H,16H2. The van der Waals surface area contributed by atoms with Crippen molar-refractivity contribution < 1.29 is 4.84 Å². The monoisotopic (exact) mass is 371 g/mol. The van der Waals surface area contributed by atoms with Crippen molar-refractivity contribution in [2.45, 2.75) is 12.6 Å². The van der Waals surface area contributed by atoms with Crippen LogP contribution in [0.4, 0.5) is 5.69 Å². The minimum Gasteiger partial charge on any atom is -0.268 e. The highest BCUT2D eigenvalue weighted by Gasteiger charge is 2.30. The minimum atomic E-state index is -0.0296. The SMILES string of the molecule is Clc1ccc(C2c3cc4ccccc4cc3CON2c2ccccc2)cc1. The molecule has 27 heavy (non-hydrogen) atoms. The Morgan fingerprint density at radius 1 is 0.778 bits per heavy atom. The lowest BCUT2D eigenvalue weighted by atomic mass is 9.90. The molecular weight excluding hydrogens is 354 g/mol. The minimum absolute atomic E-state index is 0.0296. The van der Waals surface area contributed by atoms with E-state index in [1.165, 1.54) is 21.9 Å².